The third-order valence-corrected chi connectivity index (χ3v) is 19.9. The molecule has 17 atom stereocenters. The van der Waals surface area contributed by atoms with E-state index in [4.69, 9.17) is 28.4 Å². The number of hydrogen-bond donors (Lipinski definition) is 12. The van der Waals surface area contributed by atoms with Crippen LogP contribution >= 0.6 is 0 Å². The number of hydrogen-bond acceptors (Lipinski definition) is 18. The van der Waals surface area contributed by atoms with Crippen molar-refractivity contribution >= 4 is 5.91 Å². The van der Waals surface area contributed by atoms with Gasteiger partial charge in [0.05, 0.1) is 38.6 Å². The van der Waals surface area contributed by atoms with Gasteiger partial charge in [-0.3, -0.25) is 4.79 Å². The van der Waals surface area contributed by atoms with Crippen LogP contribution < -0.4 is 5.32 Å². The van der Waals surface area contributed by atoms with Gasteiger partial charge in [-0.25, -0.2) is 0 Å². The van der Waals surface area contributed by atoms with Gasteiger partial charge in [-0.05, 0) is 44.9 Å². The first-order chi connectivity index (χ1) is 47.3. The maximum absolute atomic E-state index is 13.4. The molecule has 0 aromatic heterocycles. The molecule has 3 aliphatic rings. The number of rotatable bonds is 63. The molecule has 1 amide bonds. The van der Waals surface area contributed by atoms with E-state index in [1.165, 1.54) is 244 Å². The summed E-state index contributed by atoms with van der Waals surface area (Å²) in [4.78, 5) is 13.4. The molecule has 0 bridgehead atoms. The highest BCUT2D eigenvalue weighted by Crippen LogP contribution is 2.33. The van der Waals surface area contributed by atoms with Crippen molar-refractivity contribution in [3.63, 3.8) is 0 Å². The molecule has 3 fully saturated rings. The van der Waals surface area contributed by atoms with Crippen LogP contribution in [0.2, 0.25) is 0 Å². The lowest BCUT2D eigenvalue weighted by Gasteiger charge is -2.48. The van der Waals surface area contributed by atoms with Crippen molar-refractivity contribution in [3.8, 4) is 0 Å². The van der Waals surface area contributed by atoms with E-state index in [1.54, 1.807) is 6.08 Å². The van der Waals surface area contributed by atoms with E-state index in [9.17, 15) is 61.0 Å². The average Bonchev–Trinajstić information content (AvgIpc) is 0.842. The van der Waals surface area contributed by atoms with Gasteiger partial charge in [0, 0.05) is 6.42 Å². The van der Waals surface area contributed by atoms with E-state index in [1.807, 2.05) is 6.08 Å². The molecule has 17 unspecified atom stereocenters. The summed E-state index contributed by atoms with van der Waals surface area (Å²) in [6.07, 6.45) is 45.7. The summed E-state index contributed by atoms with van der Waals surface area (Å²) in [6, 6.07) is -0.995. The summed E-state index contributed by atoms with van der Waals surface area (Å²) in [5.74, 6) is -0.284. The highest BCUT2D eigenvalue weighted by Gasteiger charge is 2.53. The molecule has 0 radical (unpaired) electrons. The summed E-state index contributed by atoms with van der Waals surface area (Å²) < 4.78 is 34.4. The molecular formula is C78H145NO18. The van der Waals surface area contributed by atoms with Gasteiger partial charge < -0.3 is 89.9 Å². The smallest absolute Gasteiger partial charge is 0.220 e. The monoisotopic (exact) mass is 1380 g/mol. The van der Waals surface area contributed by atoms with Gasteiger partial charge in [0.2, 0.25) is 5.91 Å². The van der Waals surface area contributed by atoms with Crippen LogP contribution in [-0.2, 0) is 33.2 Å². The number of aliphatic hydroxyl groups excluding tert-OH is 11. The van der Waals surface area contributed by atoms with Crippen LogP contribution in [0.15, 0.2) is 36.5 Å². The number of unbranched alkanes of at least 4 members (excludes halogenated alkanes) is 43. The lowest BCUT2D eigenvalue weighted by molar-refractivity contribution is -0.379. The Bertz CT molecular complexity index is 1900. The van der Waals surface area contributed by atoms with E-state index in [0.717, 1.165) is 44.9 Å². The standard InChI is InChI=1S/C78H145NO18/c1-3-5-7-9-11-13-15-17-19-21-23-25-26-27-28-29-30-31-32-33-34-35-36-37-39-41-43-45-47-49-51-53-55-62(83)61(79-66(84)56-54-52-50-48-46-44-42-40-38-24-22-20-18-16-14-12-10-8-6-4-2)60-92-76-72(90)69(87)74(64(58-81)94-76)97-78-73(91)70(88)75(65(59-82)95-78)96-77-71(89)68(86)67(85)63(57-80)93-77/h37,39,45,47,53,55,61-65,67-78,80-83,85-91H,3-36,38,40-44,46,48-52,54,56-60H2,1-2H3,(H,79,84)/b39-37+,47-45+,55-53+. The Balaban J connectivity index is 1.39. The Labute approximate surface area is 587 Å². The molecule has 3 rings (SSSR count). The molecule has 97 heavy (non-hydrogen) atoms. The molecule has 570 valence electrons. The van der Waals surface area contributed by atoms with Gasteiger partial charge >= 0.3 is 0 Å². The van der Waals surface area contributed by atoms with E-state index in [2.05, 4.69) is 43.5 Å². The summed E-state index contributed by atoms with van der Waals surface area (Å²) >= 11 is 0. The zero-order chi connectivity index (χ0) is 70.4. The van der Waals surface area contributed by atoms with Crippen LogP contribution in [-0.4, -0.2) is 193 Å². The second-order valence-electron chi connectivity index (χ2n) is 28.5. The maximum atomic E-state index is 13.4. The predicted octanol–water partition coefficient (Wildman–Crippen LogP) is 12.7. The largest absolute Gasteiger partial charge is 0.394 e. The third-order valence-electron chi connectivity index (χ3n) is 19.9. The molecule has 0 aliphatic carbocycles. The molecule has 3 saturated heterocycles. The summed E-state index contributed by atoms with van der Waals surface area (Å²) in [5, 5.41) is 121. The minimum Gasteiger partial charge on any atom is -0.394 e. The van der Waals surface area contributed by atoms with Crippen molar-refractivity contribution in [2.24, 2.45) is 0 Å². The van der Waals surface area contributed by atoms with Gasteiger partial charge in [-0.15, -0.1) is 0 Å². The summed E-state index contributed by atoms with van der Waals surface area (Å²) in [7, 11) is 0. The minimum absolute atomic E-state index is 0.236. The third kappa shape index (κ3) is 40.0. The summed E-state index contributed by atoms with van der Waals surface area (Å²) in [5.41, 5.74) is 0. The fourth-order valence-corrected chi connectivity index (χ4v) is 13.5. The van der Waals surface area contributed by atoms with Crippen molar-refractivity contribution in [2.45, 2.75) is 426 Å². The zero-order valence-electron chi connectivity index (χ0n) is 60.8. The zero-order valence-corrected chi connectivity index (χ0v) is 60.8. The van der Waals surface area contributed by atoms with Gasteiger partial charge in [0.15, 0.2) is 18.9 Å². The van der Waals surface area contributed by atoms with Gasteiger partial charge in [0.25, 0.3) is 0 Å². The Kier molecular flexibility index (Phi) is 54.6. The highest BCUT2D eigenvalue weighted by atomic mass is 16.8. The normalized spacial score (nSPS) is 27.0. The minimum atomic E-state index is -1.98. The van der Waals surface area contributed by atoms with Crippen molar-refractivity contribution in [1.29, 1.82) is 0 Å². The van der Waals surface area contributed by atoms with E-state index in [-0.39, 0.29) is 18.9 Å². The first-order valence-electron chi connectivity index (χ1n) is 39.7. The first kappa shape index (κ1) is 89.2. The summed E-state index contributed by atoms with van der Waals surface area (Å²) in [6.45, 7) is 1.76. The molecule has 0 aromatic carbocycles. The quantitative estimate of drug-likeness (QED) is 0.0199. The second kappa shape index (κ2) is 59.4. The number of carbonyl (C=O) groups excluding carboxylic acids is 1. The molecule has 0 saturated carbocycles. The lowest BCUT2D eigenvalue weighted by Crippen LogP contribution is -2.66. The molecule has 0 aromatic rings. The number of amides is 1. The van der Waals surface area contributed by atoms with Crippen molar-refractivity contribution < 1.29 is 89.4 Å². The Morgan fingerprint density at radius 2 is 0.660 bits per heavy atom. The van der Waals surface area contributed by atoms with Crippen molar-refractivity contribution in [2.75, 3.05) is 26.4 Å². The molecule has 0 spiro atoms. The maximum Gasteiger partial charge on any atom is 0.220 e. The fourth-order valence-electron chi connectivity index (χ4n) is 13.5. The van der Waals surface area contributed by atoms with Crippen molar-refractivity contribution in [3.05, 3.63) is 36.5 Å². The van der Waals surface area contributed by atoms with Crippen LogP contribution in [0.4, 0.5) is 0 Å². The molecule has 3 heterocycles. The Morgan fingerprint density at radius 1 is 0.361 bits per heavy atom. The molecule has 3 aliphatic heterocycles. The average molecular weight is 1390 g/mol. The fraction of sp³-hybridized carbons (Fsp3) is 0.910. The number of allylic oxidation sites excluding steroid dienone is 5. The number of nitrogens with one attached hydrogen (secondary N) is 1. The number of aliphatic hydroxyl groups is 11. The van der Waals surface area contributed by atoms with Crippen LogP contribution in [0.3, 0.4) is 0 Å². The second-order valence-corrected chi connectivity index (χ2v) is 28.5. The molecule has 12 N–H and O–H groups in total. The molecule has 19 nitrogen and oxygen atoms in total. The van der Waals surface area contributed by atoms with Gasteiger partial charge in [-0.2, -0.15) is 0 Å². The Morgan fingerprint density at radius 3 is 1.03 bits per heavy atom. The van der Waals surface area contributed by atoms with Crippen LogP contribution in [0.1, 0.15) is 322 Å². The molecular weight excluding hydrogens is 1240 g/mol. The van der Waals surface area contributed by atoms with Crippen LogP contribution in [0, 0.1) is 0 Å². The number of ether oxygens (including phenoxy) is 6. The van der Waals surface area contributed by atoms with E-state index in [0.29, 0.717) is 12.8 Å². The van der Waals surface area contributed by atoms with E-state index >= 15 is 0 Å². The Hall–Kier alpha value is -1.99. The number of carbonyl (C=O) groups is 1. The van der Waals surface area contributed by atoms with E-state index < -0.39 is 124 Å². The topological polar surface area (TPSA) is 307 Å². The lowest BCUT2D eigenvalue weighted by atomic mass is 9.96. The molecule has 19 heteroatoms. The predicted molar refractivity (Wildman–Crippen MR) is 383 cm³/mol. The van der Waals surface area contributed by atoms with Gasteiger partial charge in [-0.1, -0.05) is 307 Å². The highest BCUT2D eigenvalue weighted by molar-refractivity contribution is 5.76. The van der Waals surface area contributed by atoms with Crippen molar-refractivity contribution in [1.82, 2.24) is 5.32 Å². The van der Waals surface area contributed by atoms with Crippen LogP contribution in [0.5, 0.6) is 0 Å². The SMILES string of the molecule is CCCCCCCCCCCCCCCCCCCCCCCC/C=C/CC/C=C/CC/C=C/C(O)C(COC1OC(CO)C(OC2OC(CO)C(OC3OC(CO)C(O)C(O)C3O)C(O)C2O)C(O)C1O)NC(=O)CCCCCCCCCCCCCCCCCCCCCC. The van der Waals surface area contributed by atoms with Gasteiger partial charge in [0.1, 0.15) is 73.2 Å². The first-order valence-corrected chi connectivity index (χ1v) is 39.7. The van der Waals surface area contributed by atoms with Crippen LogP contribution in [0.25, 0.3) is 0 Å².